The highest BCUT2D eigenvalue weighted by atomic mass is 32.1. The summed E-state index contributed by atoms with van der Waals surface area (Å²) < 4.78 is 11.0. The minimum atomic E-state index is -0.689. The quantitative estimate of drug-likeness (QED) is 0.474. The van der Waals surface area contributed by atoms with Crippen molar-refractivity contribution in [3.63, 3.8) is 0 Å². The maximum Gasteiger partial charge on any atom is 0.255 e. The molecule has 0 radical (unpaired) electrons. The van der Waals surface area contributed by atoms with E-state index >= 15 is 0 Å². The van der Waals surface area contributed by atoms with Gasteiger partial charge in [0.05, 0.1) is 31.3 Å². The Balaban J connectivity index is 1.36. The highest BCUT2D eigenvalue weighted by Gasteiger charge is 2.22. The van der Waals surface area contributed by atoms with Gasteiger partial charge in [0.1, 0.15) is 29.2 Å². The van der Waals surface area contributed by atoms with Crippen molar-refractivity contribution in [3.8, 4) is 22.1 Å². The first kappa shape index (κ1) is 26.2. The third-order valence-corrected chi connectivity index (χ3v) is 6.80. The zero-order valence-corrected chi connectivity index (χ0v) is 21.4. The van der Waals surface area contributed by atoms with Crippen molar-refractivity contribution < 1.29 is 23.9 Å². The SMILES string of the molecule is COc1ccc2c(c1)OCCNC(=O)[C@@H](NC(=O)Cc1csc(-c3ccccc3)n1)CCCCNC2=O. The summed E-state index contributed by atoms with van der Waals surface area (Å²) in [7, 11) is 1.54. The van der Waals surface area contributed by atoms with Gasteiger partial charge in [-0.1, -0.05) is 30.3 Å². The second-order valence-corrected chi connectivity index (χ2v) is 9.42. The number of carbonyl (C=O) groups excluding carboxylic acids is 3. The summed E-state index contributed by atoms with van der Waals surface area (Å²) in [6, 6.07) is 14.1. The molecule has 1 aliphatic rings. The summed E-state index contributed by atoms with van der Waals surface area (Å²) >= 11 is 1.48. The molecule has 194 valence electrons. The van der Waals surface area contributed by atoms with Crippen molar-refractivity contribution in [1.29, 1.82) is 0 Å². The zero-order valence-electron chi connectivity index (χ0n) is 20.6. The molecule has 37 heavy (non-hydrogen) atoms. The number of benzene rings is 2. The van der Waals surface area contributed by atoms with Crippen LogP contribution in [-0.2, 0) is 16.0 Å². The largest absolute Gasteiger partial charge is 0.497 e. The highest BCUT2D eigenvalue weighted by Crippen LogP contribution is 2.25. The number of carbonyl (C=O) groups is 3. The topological polar surface area (TPSA) is 119 Å². The van der Waals surface area contributed by atoms with E-state index in [2.05, 4.69) is 20.9 Å². The van der Waals surface area contributed by atoms with Crippen LogP contribution < -0.4 is 25.4 Å². The third-order valence-electron chi connectivity index (χ3n) is 5.86. The first-order chi connectivity index (χ1) is 18.0. The summed E-state index contributed by atoms with van der Waals surface area (Å²) in [6.07, 6.45) is 1.85. The minimum Gasteiger partial charge on any atom is -0.497 e. The van der Waals surface area contributed by atoms with Crippen molar-refractivity contribution >= 4 is 29.1 Å². The van der Waals surface area contributed by atoms with Gasteiger partial charge >= 0.3 is 0 Å². The monoisotopic (exact) mass is 522 g/mol. The van der Waals surface area contributed by atoms with Crippen LogP contribution in [0.5, 0.6) is 11.5 Å². The van der Waals surface area contributed by atoms with Gasteiger partial charge in [0.2, 0.25) is 11.8 Å². The number of methoxy groups -OCH3 is 1. The Morgan fingerprint density at radius 3 is 2.78 bits per heavy atom. The van der Waals surface area contributed by atoms with Crippen LogP contribution in [0, 0.1) is 0 Å². The molecule has 1 atom stereocenters. The standard InChI is InChI=1S/C27H30N4O5S/c1-35-20-10-11-21-23(16-20)36-14-13-29-26(34)22(9-5-6-12-28-25(21)33)31-24(32)15-19-17-37-27(30-19)18-7-3-2-4-8-18/h2-4,7-8,10-11,16-17,22H,5-6,9,12-15H2,1H3,(H,28,33)(H,29,34)(H,31,32)/t22-/m0/s1. The number of amides is 3. The van der Waals surface area contributed by atoms with E-state index < -0.39 is 6.04 Å². The summed E-state index contributed by atoms with van der Waals surface area (Å²) in [5.41, 5.74) is 2.07. The van der Waals surface area contributed by atoms with E-state index in [1.54, 1.807) is 18.2 Å². The predicted molar refractivity (Wildman–Crippen MR) is 141 cm³/mol. The molecule has 3 aromatic rings. The molecule has 0 saturated heterocycles. The number of ether oxygens (including phenoxy) is 2. The fraction of sp³-hybridized carbons (Fsp3) is 0.333. The average Bonchev–Trinajstić information content (AvgIpc) is 3.38. The maximum atomic E-state index is 12.9. The van der Waals surface area contributed by atoms with Crippen LogP contribution in [0.15, 0.2) is 53.9 Å². The molecule has 0 spiro atoms. The van der Waals surface area contributed by atoms with Crippen LogP contribution in [0.1, 0.15) is 35.3 Å². The average molecular weight is 523 g/mol. The van der Waals surface area contributed by atoms with E-state index in [4.69, 9.17) is 9.47 Å². The molecule has 0 bridgehead atoms. The first-order valence-corrected chi connectivity index (χ1v) is 13.1. The van der Waals surface area contributed by atoms with Crippen molar-refractivity contribution in [1.82, 2.24) is 20.9 Å². The summed E-state index contributed by atoms with van der Waals surface area (Å²) in [4.78, 5) is 42.8. The molecule has 9 nitrogen and oxygen atoms in total. The van der Waals surface area contributed by atoms with E-state index in [0.29, 0.717) is 48.6 Å². The lowest BCUT2D eigenvalue weighted by atomic mass is 10.1. The normalized spacial score (nSPS) is 16.8. The molecule has 0 saturated carbocycles. The number of rotatable bonds is 5. The fourth-order valence-electron chi connectivity index (χ4n) is 3.95. The molecular weight excluding hydrogens is 492 g/mol. The Kier molecular flexibility index (Phi) is 9.09. The predicted octanol–water partition coefficient (Wildman–Crippen LogP) is 2.95. The van der Waals surface area contributed by atoms with Crippen molar-refractivity contribution in [2.75, 3.05) is 26.8 Å². The van der Waals surface area contributed by atoms with Gasteiger partial charge in [-0.2, -0.15) is 0 Å². The van der Waals surface area contributed by atoms with Gasteiger partial charge in [-0.25, -0.2) is 4.98 Å². The van der Waals surface area contributed by atoms with E-state index in [1.165, 1.54) is 18.4 Å². The van der Waals surface area contributed by atoms with Gasteiger partial charge < -0.3 is 25.4 Å². The summed E-state index contributed by atoms with van der Waals surface area (Å²) in [5.74, 6) is 0.173. The first-order valence-electron chi connectivity index (χ1n) is 12.2. The fourth-order valence-corrected chi connectivity index (χ4v) is 4.77. The van der Waals surface area contributed by atoms with E-state index in [9.17, 15) is 14.4 Å². The molecule has 3 N–H and O–H groups in total. The second-order valence-electron chi connectivity index (χ2n) is 8.56. The molecular formula is C27H30N4O5S. The number of thiazole rings is 1. The summed E-state index contributed by atoms with van der Waals surface area (Å²) in [6.45, 7) is 0.810. The van der Waals surface area contributed by atoms with Crippen LogP contribution >= 0.6 is 11.3 Å². The maximum absolute atomic E-state index is 12.9. The van der Waals surface area contributed by atoms with Gasteiger partial charge in [0.25, 0.3) is 5.91 Å². The van der Waals surface area contributed by atoms with Gasteiger partial charge in [0, 0.05) is 23.6 Å². The van der Waals surface area contributed by atoms with Crippen LogP contribution in [-0.4, -0.2) is 55.6 Å². The number of hydrogen-bond donors (Lipinski definition) is 3. The van der Waals surface area contributed by atoms with Crippen LogP contribution in [0.4, 0.5) is 0 Å². The van der Waals surface area contributed by atoms with E-state index in [-0.39, 0.29) is 37.3 Å². The van der Waals surface area contributed by atoms with Crippen molar-refractivity contribution in [2.45, 2.75) is 31.7 Å². The van der Waals surface area contributed by atoms with E-state index in [1.807, 2.05) is 35.7 Å². The molecule has 2 aromatic carbocycles. The Hall–Kier alpha value is -3.92. The molecule has 1 aromatic heterocycles. The molecule has 2 heterocycles. The highest BCUT2D eigenvalue weighted by molar-refractivity contribution is 7.13. The Labute approximate surface area is 219 Å². The number of nitrogens with zero attached hydrogens (tertiary/aromatic N) is 1. The lowest BCUT2D eigenvalue weighted by molar-refractivity contribution is -0.129. The third kappa shape index (κ3) is 7.29. The molecule has 1 aliphatic heterocycles. The van der Waals surface area contributed by atoms with Gasteiger partial charge in [-0.15, -0.1) is 11.3 Å². The van der Waals surface area contributed by atoms with Crippen molar-refractivity contribution in [3.05, 3.63) is 65.2 Å². The van der Waals surface area contributed by atoms with Gasteiger partial charge in [-0.3, -0.25) is 14.4 Å². The molecule has 3 amide bonds. The minimum absolute atomic E-state index is 0.0882. The van der Waals surface area contributed by atoms with E-state index in [0.717, 1.165) is 10.6 Å². The number of aromatic nitrogens is 1. The molecule has 0 unspecified atom stereocenters. The molecule has 4 rings (SSSR count). The molecule has 0 aliphatic carbocycles. The lowest BCUT2D eigenvalue weighted by Crippen LogP contribution is -2.48. The van der Waals surface area contributed by atoms with Crippen LogP contribution in [0.2, 0.25) is 0 Å². The number of fused-ring (bicyclic) bond motifs is 1. The Bertz CT molecular complexity index is 1230. The van der Waals surface area contributed by atoms with Gasteiger partial charge in [0.15, 0.2) is 0 Å². The Morgan fingerprint density at radius 1 is 1.14 bits per heavy atom. The summed E-state index contributed by atoms with van der Waals surface area (Å²) in [5, 5.41) is 11.3. The molecule has 10 heteroatoms. The van der Waals surface area contributed by atoms with Crippen LogP contribution in [0.3, 0.4) is 0 Å². The smallest absolute Gasteiger partial charge is 0.255 e. The van der Waals surface area contributed by atoms with Crippen molar-refractivity contribution in [2.24, 2.45) is 0 Å². The number of hydrogen-bond acceptors (Lipinski definition) is 7. The zero-order chi connectivity index (χ0) is 26.0. The lowest BCUT2D eigenvalue weighted by Gasteiger charge is -2.20. The van der Waals surface area contributed by atoms with Crippen LogP contribution in [0.25, 0.3) is 10.6 Å². The Morgan fingerprint density at radius 2 is 1.97 bits per heavy atom. The molecule has 0 fully saturated rings. The van der Waals surface area contributed by atoms with Gasteiger partial charge in [-0.05, 0) is 31.4 Å². The number of nitrogens with one attached hydrogen (secondary N) is 3. The second kappa shape index (κ2) is 12.9.